The molecule has 2 unspecified atom stereocenters. The van der Waals surface area contributed by atoms with Crippen molar-refractivity contribution in [2.75, 3.05) is 6.54 Å². The second-order valence-electron chi connectivity index (χ2n) is 5.32. The van der Waals surface area contributed by atoms with Gasteiger partial charge in [-0.1, -0.05) is 31.9 Å². The van der Waals surface area contributed by atoms with Crippen LogP contribution in [0.4, 0.5) is 0 Å². The Morgan fingerprint density at radius 2 is 2.11 bits per heavy atom. The van der Waals surface area contributed by atoms with Crippen molar-refractivity contribution in [3.63, 3.8) is 0 Å². The molecule has 1 heterocycles. The zero-order chi connectivity index (χ0) is 14.6. The van der Waals surface area contributed by atoms with Gasteiger partial charge in [0.15, 0.2) is 0 Å². The minimum atomic E-state index is -0.789. The van der Waals surface area contributed by atoms with Crippen LogP contribution in [0.15, 0.2) is 11.1 Å². The molecule has 1 rings (SSSR count). The van der Waals surface area contributed by atoms with Gasteiger partial charge in [0, 0.05) is 12.1 Å². The molecule has 1 N–H and O–H groups in total. The maximum atomic E-state index is 12.5. The van der Waals surface area contributed by atoms with E-state index in [0.29, 0.717) is 19.4 Å². The Hall–Kier alpha value is -1.03. The lowest BCUT2D eigenvalue weighted by molar-refractivity contribution is -0.156. The van der Waals surface area contributed by atoms with Crippen molar-refractivity contribution in [2.24, 2.45) is 0 Å². The van der Waals surface area contributed by atoms with Gasteiger partial charge in [0.25, 0.3) is 0 Å². The highest BCUT2D eigenvalue weighted by atomic mass is 35.5. The summed E-state index contributed by atoms with van der Waals surface area (Å²) in [5.74, 6) is -0.0842. The number of rotatable bonds is 5. The predicted octanol–water partition coefficient (Wildman–Crippen LogP) is 2.42. The predicted molar refractivity (Wildman–Crippen MR) is 76.9 cm³/mol. The summed E-state index contributed by atoms with van der Waals surface area (Å²) in [6, 6.07) is -0.403. The molecule has 1 aliphatic heterocycles. The first-order valence-corrected chi connectivity index (χ1v) is 7.22. The fraction of sp³-hybridized carbons (Fsp3) is 0.714. The topological polar surface area (TPSA) is 49.4 Å². The molecule has 0 bridgehead atoms. The number of amides is 2. The third-order valence-corrected chi connectivity index (χ3v) is 4.19. The fourth-order valence-corrected chi connectivity index (χ4v) is 2.37. The van der Waals surface area contributed by atoms with E-state index in [2.05, 4.69) is 5.32 Å². The van der Waals surface area contributed by atoms with Gasteiger partial charge in [0.2, 0.25) is 11.8 Å². The van der Waals surface area contributed by atoms with Crippen molar-refractivity contribution in [1.29, 1.82) is 0 Å². The van der Waals surface area contributed by atoms with E-state index >= 15 is 0 Å². The number of piperazine rings is 1. The summed E-state index contributed by atoms with van der Waals surface area (Å²) in [6.45, 7) is 7.99. The van der Waals surface area contributed by atoms with Gasteiger partial charge in [0.05, 0.1) is 0 Å². The van der Waals surface area contributed by atoms with E-state index in [-0.39, 0.29) is 11.8 Å². The second kappa shape index (κ2) is 6.42. The molecule has 108 valence electrons. The number of nitrogens with zero attached hydrogens (tertiary/aromatic N) is 1. The minimum Gasteiger partial charge on any atom is -0.342 e. The summed E-state index contributed by atoms with van der Waals surface area (Å²) in [5, 5.41) is 2.85. The number of carbonyl (C=O) groups is 2. The van der Waals surface area contributed by atoms with Crippen molar-refractivity contribution in [1.82, 2.24) is 10.2 Å². The van der Waals surface area contributed by atoms with E-state index in [1.54, 1.807) is 4.90 Å². The molecule has 0 spiro atoms. The normalized spacial score (nSPS) is 28.6. The minimum absolute atomic E-state index is 0.0105. The van der Waals surface area contributed by atoms with Gasteiger partial charge < -0.3 is 10.2 Å². The smallest absolute Gasteiger partial charge is 0.246 e. The molecule has 1 aliphatic rings. The maximum absolute atomic E-state index is 12.5. The van der Waals surface area contributed by atoms with Crippen LogP contribution in [0.5, 0.6) is 0 Å². The molecular weight excluding hydrogens is 264 g/mol. The Balaban J connectivity index is 3.07. The Bertz CT molecular complexity index is 395. The van der Waals surface area contributed by atoms with E-state index in [4.69, 9.17) is 11.6 Å². The van der Waals surface area contributed by atoms with Gasteiger partial charge in [-0.2, -0.15) is 0 Å². The summed E-state index contributed by atoms with van der Waals surface area (Å²) in [5.41, 5.74) is 1.55. The van der Waals surface area contributed by atoms with E-state index in [0.717, 1.165) is 12.0 Å². The van der Waals surface area contributed by atoms with Crippen LogP contribution in [-0.2, 0) is 9.59 Å². The molecule has 2 amide bonds. The largest absolute Gasteiger partial charge is 0.342 e. The quantitative estimate of drug-likeness (QED) is 0.844. The molecule has 1 fully saturated rings. The molecule has 19 heavy (non-hydrogen) atoms. The number of carbonyl (C=O) groups excluding carboxylic acids is 2. The summed E-state index contributed by atoms with van der Waals surface area (Å²) < 4.78 is 0. The first-order valence-electron chi connectivity index (χ1n) is 6.79. The fourth-order valence-electron chi connectivity index (χ4n) is 2.30. The summed E-state index contributed by atoms with van der Waals surface area (Å²) in [6.07, 6.45) is 2.11. The molecule has 0 aromatic carbocycles. The van der Waals surface area contributed by atoms with E-state index in [9.17, 15) is 9.59 Å². The molecule has 2 atom stereocenters. The van der Waals surface area contributed by atoms with Crippen molar-refractivity contribution in [3.8, 4) is 0 Å². The zero-order valence-corrected chi connectivity index (χ0v) is 12.9. The highest BCUT2D eigenvalue weighted by Gasteiger charge is 2.47. The van der Waals surface area contributed by atoms with Crippen LogP contribution < -0.4 is 5.32 Å². The maximum Gasteiger partial charge on any atom is 0.246 e. The SMILES string of the molecule is CCCC1NC(=O)C(C)(CC)N(CC(C)=CCl)C1=O. The second-order valence-corrected chi connectivity index (χ2v) is 5.54. The number of hydrogen-bond acceptors (Lipinski definition) is 2. The lowest BCUT2D eigenvalue weighted by Crippen LogP contribution is -2.69. The van der Waals surface area contributed by atoms with E-state index in [1.165, 1.54) is 5.54 Å². The zero-order valence-electron chi connectivity index (χ0n) is 12.1. The van der Waals surface area contributed by atoms with Crippen molar-refractivity contribution >= 4 is 23.4 Å². The molecule has 0 aromatic heterocycles. The lowest BCUT2D eigenvalue weighted by atomic mass is 9.89. The number of hydrogen-bond donors (Lipinski definition) is 1. The summed E-state index contributed by atoms with van der Waals surface area (Å²) >= 11 is 5.69. The lowest BCUT2D eigenvalue weighted by Gasteiger charge is -2.46. The standard InChI is InChI=1S/C14H23ClN2O2/c1-5-7-11-12(18)17(9-10(3)8-15)14(4,6-2)13(19)16-11/h8,11H,5-7,9H2,1-4H3,(H,16,19). The summed E-state index contributed by atoms with van der Waals surface area (Å²) in [4.78, 5) is 26.5. The first kappa shape index (κ1) is 16.0. The molecule has 0 aromatic rings. The molecule has 1 saturated heterocycles. The van der Waals surface area contributed by atoms with Crippen molar-refractivity contribution < 1.29 is 9.59 Å². The molecule has 5 heteroatoms. The third kappa shape index (κ3) is 3.11. The Labute approximate surface area is 120 Å². The van der Waals surface area contributed by atoms with E-state index in [1.807, 2.05) is 27.7 Å². The van der Waals surface area contributed by atoms with Crippen LogP contribution in [0, 0.1) is 0 Å². The van der Waals surface area contributed by atoms with E-state index < -0.39 is 11.6 Å². The van der Waals surface area contributed by atoms with Gasteiger partial charge in [-0.15, -0.1) is 0 Å². The van der Waals surface area contributed by atoms with Gasteiger partial charge in [-0.3, -0.25) is 9.59 Å². The summed E-state index contributed by atoms with van der Waals surface area (Å²) in [7, 11) is 0. The van der Waals surface area contributed by atoms with Crippen LogP contribution in [-0.4, -0.2) is 34.8 Å². The molecule has 4 nitrogen and oxygen atoms in total. The highest BCUT2D eigenvalue weighted by molar-refractivity contribution is 6.25. The highest BCUT2D eigenvalue weighted by Crippen LogP contribution is 2.27. The van der Waals surface area contributed by atoms with Gasteiger partial charge >= 0.3 is 0 Å². The van der Waals surface area contributed by atoms with Crippen LogP contribution in [0.1, 0.15) is 47.0 Å². The average Bonchev–Trinajstić information content (AvgIpc) is 2.40. The van der Waals surface area contributed by atoms with Crippen molar-refractivity contribution in [3.05, 3.63) is 11.1 Å². The van der Waals surface area contributed by atoms with Crippen LogP contribution in [0.25, 0.3) is 0 Å². The van der Waals surface area contributed by atoms with Gasteiger partial charge in [-0.05, 0) is 32.3 Å². The molecule has 0 saturated carbocycles. The molecule has 0 aliphatic carbocycles. The number of halogens is 1. The number of nitrogens with one attached hydrogen (secondary N) is 1. The Morgan fingerprint density at radius 3 is 2.58 bits per heavy atom. The van der Waals surface area contributed by atoms with Crippen LogP contribution >= 0.6 is 11.6 Å². The van der Waals surface area contributed by atoms with Gasteiger partial charge in [0.1, 0.15) is 11.6 Å². The Morgan fingerprint density at radius 1 is 1.47 bits per heavy atom. The molecular formula is C14H23ClN2O2. The third-order valence-electron chi connectivity index (χ3n) is 3.81. The van der Waals surface area contributed by atoms with Gasteiger partial charge in [-0.25, -0.2) is 0 Å². The average molecular weight is 287 g/mol. The molecule has 0 radical (unpaired) electrons. The van der Waals surface area contributed by atoms with Crippen LogP contribution in [0.2, 0.25) is 0 Å². The Kier molecular flexibility index (Phi) is 5.41. The van der Waals surface area contributed by atoms with Crippen molar-refractivity contribution in [2.45, 2.75) is 58.5 Å². The monoisotopic (exact) mass is 286 g/mol. The van der Waals surface area contributed by atoms with Crippen LogP contribution in [0.3, 0.4) is 0 Å². The first-order chi connectivity index (χ1) is 8.90.